The molecular weight excluding hydrogens is 300 g/mol. The van der Waals surface area contributed by atoms with Crippen LogP contribution in [0.1, 0.15) is 111 Å². The topological polar surface area (TPSA) is 0 Å². The Morgan fingerprint density at radius 3 is 2.08 bits per heavy atom. The smallest absolute Gasteiger partial charge is 0.0295 e. The van der Waals surface area contributed by atoms with Gasteiger partial charge in [0.2, 0.25) is 0 Å². The van der Waals surface area contributed by atoms with Gasteiger partial charge in [0, 0.05) is 0 Å². The summed E-state index contributed by atoms with van der Waals surface area (Å²) in [6, 6.07) is 0. The molecule has 4 aliphatic carbocycles. The minimum Gasteiger partial charge on any atom is -0.0617 e. The van der Waals surface area contributed by atoms with Crippen LogP contribution in [-0.2, 0) is 0 Å². The lowest BCUT2D eigenvalue weighted by atomic mass is 9.52. The van der Waals surface area contributed by atoms with E-state index < -0.39 is 0 Å². The van der Waals surface area contributed by atoms with Crippen LogP contribution in [0.2, 0.25) is 0 Å². The van der Waals surface area contributed by atoms with Gasteiger partial charge in [0.15, 0.2) is 0 Å². The van der Waals surface area contributed by atoms with E-state index in [2.05, 4.69) is 20.8 Å². The standard InChI is InChI=1S/C25H44/c1-18(21-16-15-19-9-4-5-11-22(19)17-21)25(2,3)24-14-8-12-20-10-6-7-13-23(20)24/h18-24H,4-17H2,1-3H3. The van der Waals surface area contributed by atoms with Gasteiger partial charge in [0.1, 0.15) is 0 Å². The van der Waals surface area contributed by atoms with Crippen molar-refractivity contribution in [2.24, 2.45) is 46.8 Å². The van der Waals surface area contributed by atoms with Crippen molar-refractivity contribution in [1.82, 2.24) is 0 Å². The number of rotatable bonds is 3. The summed E-state index contributed by atoms with van der Waals surface area (Å²) in [6.45, 7) is 8.04. The first kappa shape index (κ1) is 18.4. The number of fused-ring (bicyclic) bond motifs is 2. The average molecular weight is 345 g/mol. The molecule has 0 aromatic carbocycles. The molecule has 4 aliphatic rings. The minimum atomic E-state index is 0.562. The van der Waals surface area contributed by atoms with Gasteiger partial charge >= 0.3 is 0 Å². The lowest BCUT2D eigenvalue weighted by molar-refractivity contribution is -0.0370. The summed E-state index contributed by atoms with van der Waals surface area (Å²) < 4.78 is 0. The van der Waals surface area contributed by atoms with Crippen molar-refractivity contribution in [1.29, 1.82) is 0 Å². The average Bonchev–Trinajstić information content (AvgIpc) is 2.66. The van der Waals surface area contributed by atoms with E-state index in [9.17, 15) is 0 Å². The second kappa shape index (κ2) is 7.55. The fourth-order valence-corrected chi connectivity index (χ4v) is 8.17. The lowest BCUT2D eigenvalue weighted by Crippen LogP contribution is -2.45. The van der Waals surface area contributed by atoms with Crippen molar-refractivity contribution in [2.45, 2.75) is 111 Å². The molecule has 0 spiro atoms. The van der Waals surface area contributed by atoms with Gasteiger partial charge < -0.3 is 0 Å². The summed E-state index contributed by atoms with van der Waals surface area (Å²) in [4.78, 5) is 0. The maximum Gasteiger partial charge on any atom is -0.0295 e. The van der Waals surface area contributed by atoms with E-state index in [1.165, 1.54) is 38.5 Å². The summed E-state index contributed by atoms with van der Waals surface area (Å²) >= 11 is 0. The van der Waals surface area contributed by atoms with Crippen molar-refractivity contribution < 1.29 is 0 Å². The monoisotopic (exact) mass is 344 g/mol. The molecule has 0 nitrogen and oxygen atoms in total. The first-order chi connectivity index (χ1) is 12.1. The van der Waals surface area contributed by atoms with E-state index in [1.54, 1.807) is 51.4 Å². The zero-order chi connectivity index (χ0) is 17.4. The third kappa shape index (κ3) is 3.58. The van der Waals surface area contributed by atoms with Crippen LogP contribution in [0.15, 0.2) is 0 Å². The lowest BCUT2D eigenvalue weighted by Gasteiger charge is -2.53. The highest BCUT2D eigenvalue weighted by atomic mass is 14.5. The Morgan fingerprint density at radius 1 is 0.640 bits per heavy atom. The van der Waals surface area contributed by atoms with Crippen molar-refractivity contribution in [3.8, 4) is 0 Å². The maximum absolute atomic E-state index is 2.69. The first-order valence-electron chi connectivity index (χ1n) is 12.1. The predicted molar refractivity (Wildman–Crippen MR) is 109 cm³/mol. The van der Waals surface area contributed by atoms with Crippen LogP contribution in [0.5, 0.6) is 0 Å². The molecule has 7 atom stereocenters. The summed E-state index contributed by atoms with van der Waals surface area (Å²) in [6.07, 6.45) is 21.6. The Labute approximate surface area is 157 Å². The van der Waals surface area contributed by atoms with Crippen LogP contribution >= 0.6 is 0 Å². The summed E-state index contributed by atoms with van der Waals surface area (Å²) in [5.41, 5.74) is 0.562. The van der Waals surface area contributed by atoms with E-state index in [1.807, 2.05) is 0 Å². The zero-order valence-corrected chi connectivity index (χ0v) is 17.4. The van der Waals surface area contributed by atoms with Crippen LogP contribution in [0, 0.1) is 46.8 Å². The van der Waals surface area contributed by atoms with E-state index in [-0.39, 0.29) is 0 Å². The Balaban J connectivity index is 1.45. The van der Waals surface area contributed by atoms with Crippen molar-refractivity contribution in [2.75, 3.05) is 0 Å². The zero-order valence-electron chi connectivity index (χ0n) is 17.4. The molecule has 0 N–H and O–H groups in total. The van der Waals surface area contributed by atoms with Gasteiger partial charge in [0.05, 0.1) is 0 Å². The maximum atomic E-state index is 2.69. The van der Waals surface area contributed by atoms with E-state index in [0.29, 0.717) is 5.41 Å². The molecule has 0 heteroatoms. The summed E-state index contributed by atoms with van der Waals surface area (Å²) in [7, 11) is 0. The van der Waals surface area contributed by atoms with Gasteiger partial charge in [-0.1, -0.05) is 78.6 Å². The molecule has 0 aliphatic heterocycles. The molecule has 0 aromatic heterocycles. The SMILES string of the molecule is CC(C1CCC2CCCCC2C1)C(C)(C)C1CCCC2CCCCC21. The van der Waals surface area contributed by atoms with Gasteiger partial charge in [-0.25, -0.2) is 0 Å². The third-order valence-corrected chi connectivity index (χ3v) is 9.99. The Bertz CT molecular complexity index is 433. The molecule has 0 amide bonds. The van der Waals surface area contributed by atoms with E-state index in [4.69, 9.17) is 0 Å². The van der Waals surface area contributed by atoms with Crippen LogP contribution in [0.25, 0.3) is 0 Å². The third-order valence-electron chi connectivity index (χ3n) is 9.99. The second-order valence-corrected chi connectivity index (χ2v) is 11.2. The molecule has 7 unspecified atom stereocenters. The molecule has 4 rings (SSSR count). The van der Waals surface area contributed by atoms with Gasteiger partial charge in [-0.15, -0.1) is 0 Å². The second-order valence-electron chi connectivity index (χ2n) is 11.2. The number of hydrogen-bond donors (Lipinski definition) is 0. The van der Waals surface area contributed by atoms with Gasteiger partial charge in [-0.3, -0.25) is 0 Å². The minimum absolute atomic E-state index is 0.562. The Hall–Kier alpha value is 0. The van der Waals surface area contributed by atoms with Crippen LogP contribution in [0.3, 0.4) is 0 Å². The molecular formula is C25H44. The van der Waals surface area contributed by atoms with Crippen molar-refractivity contribution >= 4 is 0 Å². The van der Waals surface area contributed by atoms with Crippen LogP contribution in [0.4, 0.5) is 0 Å². The highest BCUT2D eigenvalue weighted by Gasteiger charge is 2.47. The Kier molecular flexibility index (Phi) is 5.55. The largest absolute Gasteiger partial charge is 0.0617 e. The fourth-order valence-electron chi connectivity index (χ4n) is 8.17. The van der Waals surface area contributed by atoms with E-state index in [0.717, 1.165) is 41.4 Å². The van der Waals surface area contributed by atoms with Gasteiger partial charge in [-0.2, -0.15) is 0 Å². The van der Waals surface area contributed by atoms with Crippen molar-refractivity contribution in [3.05, 3.63) is 0 Å². The molecule has 4 fully saturated rings. The first-order valence-corrected chi connectivity index (χ1v) is 12.1. The van der Waals surface area contributed by atoms with Gasteiger partial charge in [0.25, 0.3) is 0 Å². The van der Waals surface area contributed by atoms with Gasteiger partial charge in [-0.05, 0) is 78.9 Å². The molecule has 144 valence electrons. The van der Waals surface area contributed by atoms with Crippen LogP contribution in [-0.4, -0.2) is 0 Å². The summed E-state index contributed by atoms with van der Waals surface area (Å²) in [5.74, 6) is 7.35. The highest BCUT2D eigenvalue weighted by Crippen LogP contribution is 2.56. The molecule has 0 aromatic rings. The predicted octanol–water partition coefficient (Wildman–Crippen LogP) is 7.86. The molecule has 25 heavy (non-hydrogen) atoms. The highest BCUT2D eigenvalue weighted by molar-refractivity contribution is 4.97. The van der Waals surface area contributed by atoms with Crippen molar-refractivity contribution in [3.63, 3.8) is 0 Å². The molecule has 0 radical (unpaired) electrons. The summed E-state index contributed by atoms with van der Waals surface area (Å²) in [5, 5.41) is 0. The fraction of sp³-hybridized carbons (Fsp3) is 1.00. The quantitative estimate of drug-likeness (QED) is 0.488. The molecule has 0 heterocycles. The molecule has 0 bridgehead atoms. The van der Waals surface area contributed by atoms with E-state index >= 15 is 0 Å². The molecule has 4 saturated carbocycles. The van der Waals surface area contributed by atoms with Crippen LogP contribution < -0.4 is 0 Å². The molecule has 0 saturated heterocycles. The Morgan fingerprint density at radius 2 is 1.28 bits per heavy atom. The number of hydrogen-bond acceptors (Lipinski definition) is 0. The normalized spacial score (nSPS) is 43.8.